The van der Waals surface area contributed by atoms with Crippen molar-refractivity contribution in [2.75, 3.05) is 31.9 Å². The Labute approximate surface area is 134 Å². The first-order valence-electron chi connectivity index (χ1n) is 8.80. The van der Waals surface area contributed by atoms with Gasteiger partial charge in [-0.2, -0.15) is 0 Å². The number of carbonyl (C=O) groups excluding carboxylic acids is 1. The van der Waals surface area contributed by atoms with E-state index in [4.69, 9.17) is 0 Å². The van der Waals surface area contributed by atoms with Crippen LogP contribution in [0.5, 0.6) is 0 Å². The van der Waals surface area contributed by atoms with Gasteiger partial charge in [0.05, 0.1) is 5.25 Å². The second-order valence-electron chi connectivity index (χ2n) is 7.10. The van der Waals surface area contributed by atoms with Crippen molar-refractivity contribution in [1.29, 1.82) is 0 Å². The minimum Gasteiger partial charge on any atom is -0.338 e. The first kappa shape index (κ1) is 16.2. The van der Waals surface area contributed by atoms with Gasteiger partial charge in [-0.25, -0.2) is 8.42 Å². The second kappa shape index (κ2) is 6.87. The molecule has 2 saturated heterocycles. The standard InChI is InChI=1S/C16H28N2O3S/c19-16(13-22(20,21)15-7-1-2-8-15)18-11-5-6-14(18)12-17-9-3-4-10-17/h14-15H,1-13H2/t14-/m1/s1. The average Bonchev–Trinajstić information content (AvgIpc) is 3.21. The lowest BCUT2D eigenvalue weighted by Crippen LogP contribution is -2.45. The molecule has 3 rings (SSSR count). The predicted molar refractivity (Wildman–Crippen MR) is 86.5 cm³/mol. The van der Waals surface area contributed by atoms with Crippen molar-refractivity contribution in [2.24, 2.45) is 0 Å². The molecule has 3 fully saturated rings. The maximum atomic E-state index is 12.5. The number of carbonyl (C=O) groups is 1. The zero-order valence-electron chi connectivity index (χ0n) is 13.4. The normalized spacial score (nSPS) is 27.8. The first-order chi connectivity index (χ1) is 10.6. The maximum Gasteiger partial charge on any atom is 0.238 e. The SMILES string of the molecule is O=C(CS(=O)(=O)C1CCCC1)N1CCC[C@@H]1CN1CCCC1. The Morgan fingerprint density at radius 1 is 0.909 bits per heavy atom. The number of sulfone groups is 1. The Bertz CT molecular complexity index is 494. The smallest absolute Gasteiger partial charge is 0.238 e. The monoisotopic (exact) mass is 328 g/mol. The molecule has 0 aromatic rings. The second-order valence-corrected chi connectivity index (χ2v) is 9.39. The molecule has 126 valence electrons. The quantitative estimate of drug-likeness (QED) is 0.766. The van der Waals surface area contributed by atoms with Crippen LogP contribution in [0.1, 0.15) is 51.4 Å². The van der Waals surface area contributed by atoms with Crippen LogP contribution in [-0.4, -0.2) is 67.3 Å². The van der Waals surface area contributed by atoms with Crippen LogP contribution >= 0.6 is 0 Å². The highest BCUT2D eigenvalue weighted by Crippen LogP contribution is 2.26. The lowest BCUT2D eigenvalue weighted by atomic mass is 10.2. The molecule has 2 aliphatic heterocycles. The Morgan fingerprint density at radius 3 is 2.27 bits per heavy atom. The molecule has 0 aromatic carbocycles. The molecule has 0 aromatic heterocycles. The number of nitrogens with zero attached hydrogens (tertiary/aromatic N) is 2. The molecular formula is C16H28N2O3S. The van der Waals surface area contributed by atoms with Crippen LogP contribution < -0.4 is 0 Å². The number of amides is 1. The third-order valence-corrected chi connectivity index (χ3v) is 7.64. The van der Waals surface area contributed by atoms with Crippen LogP contribution in [0.2, 0.25) is 0 Å². The van der Waals surface area contributed by atoms with Crippen LogP contribution in [0.15, 0.2) is 0 Å². The van der Waals surface area contributed by atoms with Gasteiger partial charge in [-0.3, -0.25) is 4.79 Å². The summed E-state index contributed by atoms with van der Waals surface area (Å²) in [5.74, 6) is -0.428. The lowest BCUT2D eigenvalue weighted by Gasteiger charge is -2.28. The van der Waals surface area contributed by atoms with Crippen molar-refractivity contribution in [3.05, 3.63) is 0 Å². The highest BCUT2D eigenvalue weighted by atomic mass is 32.2. The van der Waals surface area contributed by atoms with E-state index < -0.39 is 9.84 Å². The number of likely N-dealkylation sites (tertiary alicyclic amines) is 2. The van der Waals surface area contributed by atoms with Crippen molar-refractivity contribution < 1.29 is 13.2 Å². The number of hydrogen-bond donors (Lipinski definition) is 0. The van der Waals surface area contributed by atoms with E-state index in [0.29, 0.717) is 0 Å². The van der Waals surface area contributed by atoms with Crippen molar-refractivity contribution in [3.63, 3.8) is 0 Å². The van der Waals surface area contributed by atoms with Crippen molar-refractivity contribution in [3.8, 4) is 0 Å². The molecular weight excluding hydrogens is 300 g/mol. The molecule has 1 saturated carbocycles. The van der Waals surface area contributed by atoms with Crippen LogP contribution in [-0.2, 0) is 14.6 Å². The summed E-state index contributed by atoms with van der Waals surface area (Å²) in [7, 11) is -3.25. The van der Waals surface area contributed by atoms with Crippen LogP contribution in [0, 0.1) is 0 Å². The van der Waals surface area contributed by atoms with E-state index in [0.717, 1.165) is 64.7 Å². The highest BCUT2D eigenvalue weighted by molar-refractivity contribution is 7.92. The molecule has 3 aliphatic rings. The fourth-order valence-corrected chi connectivity index (χ4v) is 6.03. The van der Waals surface area contributed by atoms with Gasteiger partial charge in [0.1, 0.15) is 5.75 Å². The largest absolute Gasteiger partial charge is 0.338 e. The van der Waals surface area contributed by atoms with Crippen LogP contribution in [0.3, 0.4) is 0 Å². The third-order valence-electron chi connectivity index (χ3n) is 5.50. The molecule has 22 heavy (non-hydrogen) atoms. The zero-order valence-corrected chi connectivity index (χ0v) is 14.2. The molecule has 1 amide bonds. The summed E-state index contributed by atoms with van der Waals surface area (Å²) in [6, 6.07) is 0.226. The van der Waals surface area contributed by atoms with E-state index in [-0.39, 0.29) is 23.0 Å². The topological polar surface area (TPSA) is 57.7 Å². The summed E-state index contributed by atoms with van der Waals surface area (Å²) >= 11 is 0. The molecule has 6 heteroatoms. The summed E-state index contributed by atoms with van der Waals surface area (Å²) in [5.41, 5.74) is 0. The minimum absolute atomic E-state index is 0.159. The Hall–Kier alpha value is -0.620. The fourth-order valence-electron chi connectivity index (χ4n) is 4.24. The third kappa shape index (κ3) is 3.65. The van der Waals surface area contributed by atoms with Gasteiger partial charge in [0.2, 0.25) is 5.91 Å². The summed E-state index contributed by atoms with van der Waals surface area (Å²) in [6.07, 6.45) is 7.98. The molecule has 2 heterocycles. The molecule has 0 bridgehead atoms. The maximum absolute atomic E-state index is 12.5. The summed E-state index contributed by atoms with van der Waals surface area (Å²) in [5, 5.41) is -0.268. The van der Waals surface area contributed by atoms with Crippen LogP contribution in [0.4, 0.5) is 0 Å². The van der Waals surface area contributed by atoms with Gasteiger partial charge < -0.3 is 9.80 Å². The van der Waals surface area contributed by atoms with Gasteiger partial charge in [-0.1, -0.05) is 12.8 Å². The van der Waals surface area contributed by atoms with Gasteiger partial charge in [0, 0.05) is 19.1 Å². The average molecular weight is 328 g/mol. The molecule has 0 N–H and O–H groups in total. The van der Waals surface area contributed by atoms with E-state index in [2.05, 4.69) is 4.90 Å². The van der Waals surface area contributed by atoms with Gasteiger partial charge in [0.15, 0.2) is 9.84 Å². The van der Waals surface area contributed by atoms with Crippen molar-refractivity contribution in [1.82, 2.24) is 9.80 Å². The summed E-state index contributed by atoms with van der Waals surface area (Å²) in [6.45, 7) is 3.91. The van der Waals surface area contributed by atoms with Crippen LogP contribution in [0.25, 0.3) is 0 Å². The molecule has 5 nitrogen and oxygen atoms in total. The van der Waals surface area contributed by atoms with Gasteiger partial charge in [-0.15, -0.1) is 0 Å². The molecule has 0 radical (unpaired) electrons. The van der Waals surface area contributed by atoms with E-state index in [1.165, 1.54) is 12.8 Å². The molecule has 1 aliphatic carbocycles. The van der Waals surface area contributed by atoms with Gasteiger partial charge in [-0.05, 0) is 51.6 Å². The molecule has 0 unspecified atom stereocenters. The predicted octanol–water partition coefficient (Wildman–Crippen LogP) is 1.43. The Balaban J connectivity index is 1.58. The summed E-state index contributed by atoms with van der Waals surface area (Å²) < 4.78 is 24.8. The zero-order chi connectivity index (χ0) is 15.6. The number of hydrogen-bond acceptors (Lipinski definition) is 4. The Morgan fingerprint density at radius 2 is 1.59 bits per heavy atom. The Kier molecular flexibility index (Phi) is 5.07. The first-order valence-corrected chi connectivity index (χ1v) is 10.5. The molecule has 1 atom stereocenters. The van der Waals surface area contributed by atoms with Crippen molar-refractivity contribution in [2.45, 2.75) is 62.7 Å². The minimum atomic E-state index is -3.25. The lowest BCUT2D eigenvalue weighted by molar-refractivity contribution is -0.129. The highest BCUT2D eigenvalue weighted by Gasteiger charge is 2.36. The van der Waals surface area contributed by atoms with E-state index in [1.54, 1.807) is 0 Å². The van der Waals surface area contributed by atoms with E-state index in [1.807, 2.05) is 4.90 Å². The van der Waals surface area contributed by atoms with Gasteiger partial charge >= 0.3 is 0 Å². The fraction of sp³-hybridized carbons (Fsp3) is 0.938. The van der Waals surface area contributed by atoms with E-state index >= 15 is 0 Å². The van der Waals surface area contributed by atoms with Crippen molar-refractivity contribution >= 4 is 15.7 Å². The number of rotatable bonds is 5. The summed E-state index contributed by atoms with van der Waals surface area (Å²) in [4.78, 5) is 16.8. The molecule has 0 spiro atoms. The van der Waals surface area contributed by atoms with E-state index in [9.17, 15) is 13.2 Å². The van der Waals surface area contributed by atoms with Gasteiger partial charge in [0.25, 0.3) is 0 Å².